The predicted molar refractivity (Wildman–Crippen MR) is 66.2 cm³/mol. The molecule has 0 saturated carbocycles. The van der Waals surface area contributed by atoms with Gasteiger partial charge in [0.05, 0.1) is 11.2 Å². The van der Waals surface area contributed by atoms with Crippen LogP contribution in [-0.2, 0) is 12.1 Å². The second-order valence-corrected chi connectivity index (χ2v) is 5.03. The molecule has 0 aliphatic carbocycles. The average Bonchev–Trinajstić information content (AvgIpc) is 2.82. The van der Waals surface area contributed by atoms with Crippen LogP contribution in [0.5, 0.6) is 0 Å². The molecule has 2 aromatic heterocycles. The molecule has 0 aromatic carbocycles. The normalized spacial score (nSPS) is 11.6. The Morgan fingerprint density at radius 1 is 1.25 bits per heavy atom. The van der Waals surface area contributed by atoms with Crippen LogP contribution in [0.15, 0.2) is 36.0 Å². The van der Waals surface area contributed by atoms with Gasteiger partial charge in [0, 0.05) is 24.3 Å². The van der Waals surface area contributed by atoms with Crippen molar-refractivity contribution in [2.75, 3.05) is 0 Å². The van der Waals surface area contributed by atoms with E-state index in [1.807, 2.05) is 36.0 Å². The van der Waals surface area contributed by atoms with E-state index in [-0.39, 0.29) is 5.54 Å². The Balaban J connectivity index is 2.00. The van der Waals surface area contributed by atoms with Crippen molar-refractivity contribution in [2.45, 2.75) is 25.9 Å². The van der Waals surface area contributed by atoms with E-state index in [1.165, 1.54) is 0 Å². The van der Waals surface area contributed by atoms with Crippen LogP contribution in [0.3, 0.4) is 0 Å². The lowest BCUT2D eigenvalue weighted by Crippen LogP contribution is -2.36. The summed E-state index contributed by atoms with van der Waals surface area (Å²) in [7, 11) is 0. The number of nitrogens with one attached hydrogen (secondary N) is 1. The number of thiazole rings is 1. The predicted octanol–water partition coefficient (Wildman–Crippen LogP) is 2.56. The molecule has 1 N–H and O–H groups in total. The van der Waals surface area contributed by atoms with E-state index in [4.69, 9.17) is 0 Å². The summed E-state index contributed by atoms with van der Waals surface area (Å²) in [5, 5.41) is 6.56. The third kappa shape index (κ3) is 2.65. The molecular formula is C12H15N3S. The first kappa shape index (κ1) is 11.2. The molecule has 0 saturated heterocycles. The van der Waals surface area contributed by atoms with Crippen LogP contribution in [0.25, 0.3) is 0 Å². The number of aromatic nitrogens is 2. The van der Waals surface area contributed by atoms with E-state index in [9.17, 15) is 0 Å². The van der Waals surface area contributed by atoms with Crippen molar-refractivity contribution >= 4 is 11.3 Å². The summed E-state index contributed by atoms with van der Waals surface area (Å²) >= 11 is 1.67. The molecule has 2 rings (SSSR count). The monoisotopic (exact) mass is 233 g/mol. The summed E-state index contributed by atoms with van der Waals surface area (Å²) in [6, 6.07) is 5.95. The van der Waals surface area contributed by atoms with Gasteiger partial charge in [0.1, 0.15) is 5.01 Å². The highest BCUT2D eigenvalue weighted by atomic mass is 32.1. The lowest BCUT2D eigenvalue weighted by molar-refractivity contribution is 0.397. The van der Waals surface area contributed by atoms with E-state index in [2.05, 4.69) is 29.1 Å². The summed E-state index contributed by atoms with van der Waals surface area (Å²) in [6.45, 7) is 5.02. The summed E-state index contributed by atoms with van der Waals surface area (Å²) in [5.74, 6) is 0. The van der Waals surface area contributed by atoms with Gasteiger partial charge in [-0.05, 0) is 26.0 Å². The highest BCUT2D eigenvalue weighted by Gasteiger charge is 2.22. The van der Waals surface area contributed by atoms with E-state index in [1.54, 1.807) is 11.3 Å². The minimum atomic E-state index is -0.105. The lowest BCUT2D eigenvalue weighted by atomic mass is 10.1. The van der Waals surface area contributed by atoms with Gasteiger partial charge in [-0.15, -0.1) is 11.3 Å². The van der Waals surface area contributed by atoms with Crippen molar-refractivity contribution < 1.29 is 0 Å². The topological polar surface area (TPSA) is 37.8 Å². The third-order valence-corrected chi connectivity index (χ3v) is 3.50. The van der Waals surface area contributed by atoms with Crippen molar-refractivity contribution in [1.29, 1.82) is 0 Å². The summed E-state index contributed by atoms with van der Waals surface area (Å²) in [6.07, 6.45) is 3.65. The Labute approximate surface area is 99.6 Å². The number of pyridine rings is 1. The Hall–Kier alpha value is -1.26. The molecular weight excluding hydrogens is 218 g/mol. The molecule has 0 aliphatic rings. The number of hydrogen-bond acceptors (Lipinski definition) is 4. The first-order chi connectivity index (χ1) is 7.68. The quantitative estimate of drug-likeness (QED) is 0.882. The molecule has 0 bridgehead atoms. The molecule has 0 radical (unpaired) electrons. The zero-order valence-electron chi connectivity index (χ0n) is 9.47. The summed E-state index contributed by atoms with van der Waals surface area (Å²) < 4.78 is 0. The molecule has 16 heavy (non-hydrogen) atoms. The van der Waals surface area contributed by atoms with Gasteiger partial charge >= 0.3 is 0 Å². The zero-order chi connectivity index (χ0) is 11.4. The molecule has 84 valence electrons. The van der Waals surface area contributed by atoms with E-state index in [0.717, 1.165) is 17.2 Å². The number of nitrogens with zero attached hydrogens (tertiary/aromatic N) is 2. The molecule has 0 atom stereocenters. The molecule has 0 aliphatic heterocycles. The Morgan fingerprint density at radius 3 is 2.75 bits per heavy atom. The fourth-order valence-corrected chi connectivity index (χ4v) is 2.16. The highest BCUT2D eigenvalue weighted by Crippen LogP contribution is 2.22. The zero-order valence-corrected chi connectivity index (χ0v) is 10.3. The minimum Gasteiger partial charge on any atom is -0.300 e. The van der Waals surface area contributed by atoms with Crippen LogP contribution in [-0.4, -0.2) is 9.97 Å². The molecule has 0 fully saturated rings. The van der Waals surface area contributed by atoms with E-state index >= 15 is 0 Å². The average molecular weight is 233 g/mol. The van der Waals surface area contributed by atoms with Gasteiger partial charge in [-0.2, -0.15) is 0 Å². The summed E-state index contributed by atoms with van der Waals surface area (Å²) in [5.41, 5.74) is 0.943. The maximum atomic E-state index is 4.34. The first-order valence-electron chi connectivity index (χ1n) is 5.23. The van der Waals surface area contributed by atoms with Crippen LogP contribution in [0.2, 0.25) is 0 Å². The highest BCUT2D eigenvalue weighted by molar-refractivity contribution is 7.09. The van der Waals surface area contributed by atoms with Crippen molar-refractivity contribution in [3.05, 3.63) is 46.7 Å². The van der Waals surface area contributed by atoms with Crippen LogP contribution in [0, 0.1) is 0 Å². The van der Waals surface area contributed by atoms with Crippen LogP contribution in [0.1, 0.15) is 24.5 Å². The molecule has 0 amide bonds. The molecule has 0 unspecified atom stereocenters. The molecule has 4 heteroatoms. The van der Waals surface area contributed by atoms with Gasteiger partial charge in [-0.3, -0.25) is 4.98 Å². The van der Waals surface area contributed by atoms with Gasteiger partial charge in [-0.1, -0.05) is 6.07 Å². The fraction of sp³-hybridized carbons (Fsp3) is 0.333. The lowest BCUT2D eigenvalue weighted by Gasteiger charge is -2.23. The first-order valence-corrected chi connectivity index (χ1v) is 6.11. The van der Waals surface area contributed by atoms with E-state index < -0.39 is 0 Å². The van der Waals surface area contributed by atoms with Gasteiger partial charge in [0.2, 0.25) is 0 Å². The second-order valence-electron chi connectivity index (χ2n) is 4.14. The van der Waals surface area contributed by atoms with Gasteiger partial charge in [0.25, 0.3) is 0 Å². The van der Waals surface area contributed by atoms with Gasteiger partial charge < -0.3 is 5.32 Å². The minimum absolute atomic E-state index is 0.105. The van der Waals surface area contributed by atoms with Crippen molar-refractivity contribution in [2.24, 2.45) is 0 Å². The van der Waals surface area contributed by atoms with Crippen molar-refractivity contribution in [3.63, 3.8) is 0 Å². The van der Waals surface area contributed by atoms with Crippen LogP contribution < -0.4 is 5.32 Å². The van der Waals surface area contributed by atoms with Crippen molar-refractivity contribution in [1.82, 2.24) is 15.3 Å². The Morgan fingerprint density at radius 2 is 2.12 bits per heavy atom. The summed E-state index contributed by atoms with van der Waals surface area (Å²) in [4.78, 5) is 8.62. The number of rotatable bonds is 4. The Kier molecular flexibility index (Phi) is 3.31. The standard InChI is InChI=1S/C12H15N3S/c1-12(2,11-14-7-8-16-11)15-9-10-5-3-4-6-13-10/h3-8,15H,9H2,1-2H3. The van der Waals surface area contributed by atoms with Gasteiger partial charge in [-0.25, -0.2) is 4.98 Å². The van der Waals surface area contributed by atoms with Crippen LogP contribution in [0.4, 0.5) is 0 Å². The van der Waals surface area contributed by atoms with Crippen LogP contribution >= 0.6 is 11.3 Å². The molecule has 2 heterocycles. The molecule has 0 spiro atoms. The maximum absolute atomic E-state index is 4.34. The molecule has 3 nitrogen and oxygen atoms in total. The third-order valence-electron chi connectivity index (χ3n) is 2.40. The SMILES string of the molecule is CC(C)(NCc1ccccn1)c1nccs1. The second kappa shape index (κ2) is 4.72. The van der Waals surface area contributed by atoms with Crippen molar-refractivity contribution in [3.8, 4) is 0 Å². The smallest absolute Gasteiger partial charge is 0.112 e. The largest absolute Gasteiger partial charge is 0.300 e. The van der Waals surface area contributed by atoms with E-state index in [0.29, 0.717) is 0 Å². The number of hydrogen-bond donors (Lipinski definition) is 1. The molecule has 2 aromatic rings. The van der Waals surface area contributed by atoms with Gasteiger partial charge in [0.15, 0.2) is 0 Å². The maximum Gasteiger partial charge on any atom is 0.112 e. The Bertz CT molecular complexity index is 423. The fourth-order valence-electron chi connectivity index (χ4n) is 1.42.